The Morgan fingerprint density at radius 3 is 2.45 bits per heavy atom. The van der Waals surface area contributed by atoms with E-state index in [4.69, 9.17) is 11.6 Å². The van der Waals surface area contributed by atoms with Crippen molar-refractivity contribution in [3.05, 3.63) is 70.8 Å². The maximum Gasteiger partial charge on any atom is 0.251 e. The summed E-state index contributed by atoms with van der Waals surface area (Å²) in [7, 11) is 0. The molecule has 0 bridgehead atoms. The van der Waals surface area contributed by atoms with Gasteiger partial charge in [-0.15, -0.1) is 0 Å². The first-order valence-electron chi connectivity index (χ1n) is 10.5. The number of aliphatic hydroxyl groups is 1. The minimum Gasteiger partial charge on any atom is -0.394 e. The number of piperidine rings is 1. The Morgan fingerprint density at radius 1 is 1.29 bits per heavy atom. The molecule has 1 aromatic carbocycles. The van der Waals surface area contributed by atoms with Crippen LogP contribution in [0.1, 0.15) is 45.6 Å². The Balaban J connectivity index is 2.10. The molecule has 1 fully saturated rings. The first kappa shape index (κ1) is 24.9. The third-order valence-corrected chi connectivity index (χ3v) is 5.93. The molecule has 0 radical (unpaired) electrons. The zero-order valence-corrected chi connectivity index (χ0v) is 19.6. The molecule has 2 rings (SSSR count). The van der Waals surface area contributed by atoms with Crippen molar-refractivity contribution in [2.75, 3.05) is 19.7 Å². The molecule has 0 aromatic heterocycles. The summed E-state index contributed by atoms with van der Waals surface area (Å²) >= 11 is 6.02. The van der Waals surface area contributed by atoms with Crippen LogP contribution in [0.2, 0.25) is 5.02 Å². The summed E-state index contributed by atoms with van der Waals surface area (Å²) in [6, 6.07) is 6.87. The van der Waals surface area contributed by atoms with Crippen molar-refractivity contribution in [2.45, 2.75) is 46.1 Å². The van der Waals surface area contributed by atoms with E-state index in [1.54, 1.807) is 17.1 Å². The lowest BCUT2D eigenvalue weighted by Crippen LogP contribution is -2.55. The number of nitrogens with zero attached hydrogens (tertiary/aromatic N) is 1. The number of allylic oxidation sites excluding steroid dienone is 3. The molecule has 1 aromatic rings. The van der Waals surface area contributed by atoms with E-state index in [2.05, 4.69) is 25.7 Å². The van der Waals surface area contributed by atoms with Gasteiger partial charge >= 0.3 is 0 Å². The molecule has 0 spiro atoms. The van der Waals surface area contributed by atoms with Gasteiger partial charge in [-0.3, -0.25) is 9.59 Å². The lowest BCUT2D eigenvalue weighted by Gasteiger charge is -2.45. The highest BCUT2D eigenvalue weighted by Crippen LogP contribution is 2.42. The highest BCUT2D eigenvalue weighted by molar-refractivity contribution is 6.30. The average molecular weight is 445 g/mol. The molecule has 31 heavy (non-hydrogen) atoms. The van der Waals surface area contributed by atoms with Crippen molar-refractivity contribution in [2.24, 2.45) is 5.41 Å². The van der Waals surface area contributed by atoms with Gasteiger partial charge in [0.15, 0.2) is 0 Å². The van der Waals surface area contributed by atoms with Crippen molar-refractivity contribution in [3.63, 3.8) is 0 Å². The summed E-state index contributed by atoms with van der Waals surface area (Å²) in [6.45, 7) is 12.4. The summed E-state index contributed by atoms with van der Waals surface area (Å²) in [5, 5.41) is 13.2. The minimum atomic E-state index is -0.995. The monoisotopic (exact) mass is 444 g/mol. The number of aliphatic hydroxyl groups excluding tert-OH is 1. The molecular formula is C25H33ClN2O3. The quantitative estimate of drug-likeness (QED) is 0.488. The van der Waals surface area contributed by atoms with Crippen LogP contribution < -0.4 is 5.32 Å². The van der Waals surface area contributed by atoms with Crippen LogP contribution in [-0.4, -0.2) is 47.6 Å². The van der Waals surface area contributed by atoms with Gasteiger partial charge in [0.25, 0.3) is 5.91 Å². The summed E-state index contributed by atoms with van der Waals surface area (Å²) in [5.74, 6) is -0.422. The highest BCUT2D eigenvalue weighted by Gasteiger charge is 2.40. The van der Waals surface area contributed by atoms with E-state index in [1.807, 2.05) is 38.1 Å². The van der Waals surface area contributed by atoms with Crippen LogP contribution in [0.15, 0.2) is 60.2 Å². The molecule has 2 amide bonds. The number of carbonyl (C=O) groups is 2. The van der Waals surface area contributed by atoms with Crippen LogP contribution in [0.5, 0.6) is 0 Å². The lowest BCUT2D eigenvalue weighted by atomic mass is 9.70. The number of likely N-dealkylation sites (tertiary alicyclic amines) is 1. The van der Waals surface area contributed by atoms with Crippen molar-refractivity contribution in [1.29, 1.82) is 0 Å². The lowest BCUT2D eigenvalue weighted by molar-refractivity contribution is -0.140. The first-order valence-corrected chi connectivity index (χ1v) is 10.9. The molecule has 5 nitrogen and oxygen atoms in total. The van der Waals surface area contributed by atoms with Crippen molar-refractivity contribution in [3.8, 4) is 0 Å². The molecule has 2 atom stereocenters. The second-order valence-corrected chi connectivity index (χ2v) is 9.36. The number of hydrogen-bond acceptors (Lipinski definition) is 3. The zero-order valence-electron chi connectivity index (χ0n) is 18.8. The van der Waals surface area contributed by atoms with Crippen molar-refractivity contribution in [1.82, 2.24) is 10.2 Å². The Kier molecular flexibility index (Phi) is 8.66. The Bertz CT molecular complexity index is 867. The number of nitrogens with one attached hydrogen (secondary N) is 1. The summed E-state index contributed by atoms with van der Waals surface area (Å²) in [6.07, 6.45) is 5.69. The van der Waals surface area contributed by atoms with Gasteiger partial charge in [0, 0.05) is 23.7 Å². The summed E-state index contributed by atoms with van der Waals surface area (Å²) in [4.78, 5) is 27.4. The van der Waals surface area contributed by atoms with E-state index in [9.17, 15) is 14.7 Å². The molecule has 1 unspecified atom stereocenters. The van der Waals surface area contributed by atoms with Gasteiger partial charge in [0.2, 0.25) is 5.91 Å². The second-order valence-electron chi connectivity index (χ2n) is 8.92. The number of halogens is 1. The van der Waals surface area contributed by atoms with Gasteiger partial charge in [0.05, 0.1) is 6.61 Å². The molecule has 1 heterocycles. The van der Waals surface area contributed by atoms with Crippen LogP contribution in [0.3, 0.4) is 0 Å². The van der Waals surface area contributed by atoms with E-state index in [0.29, 0.717) is 23.7 Å². The van der Waals surface area contributed by atoms with Crippen molar-refractivity contribution < 1.29 is 14.7 Å². The summed E-state index contributed by atoms with van der Waals surface area (Å²) in [5.41, 5.74) is 2.41. The number of benzene rings is 1. The Hall–Kier alpha value is -2.37. The van der Waals surface area contributed by atoms with Crippen LogP contribution in [0.25, 0.3) is 0 Å². The van der Waals surface area contributed by atoms with E-state index in [-0.39, 0.29) is 17.2 Å². The molecule has 168 valence electrons. The van der Waals surface area contributed by atoms with E-state index in [1.165, 1.54) is 11.6 Å². The third kappa shape index (κ3) is 6.55. The van der Waals surface area contributed by atoms with Crippen LogP contribution in [-0.2, 0) is 9.59 Å². The number of amides is 2. The third-order valence-electron chi connectivity index (χ3n) is 5.68. The molecule has 6 heteroatoms. The summed E-state index contributed by atoms with van der Waals surface area (Å²) < 4.78 is 0. The van der Waals surface area contributed by atoms with Gasteiger partial charge in [-0.2, -0.15) is 0 Å². The molecule has 1 aliphatic rings. The second kappa shape index (κ2) is 10.8. The average Bonchev–Trinajstić information content (AvgIpc) is 2.71. The van der Waals surface area contributed by atoms with E-state index >= 15 is 0 Å². The zero-order chi connectivity index (χ0) is 23.2. The molecule has 1 saturated heterocycles. The van der Waals surface area contributed by atoms with Gasteiger partial charge in [0.1, 0.15) is 6.04 Å². The van der Waals surface area contributed by atoms with Gasteiger partial charge in [-0.05, 0) is 55.4 Å². The van der Waals surface area contributed by atoms with Crippen molar-refractivity contribution >= 4 is 23.4 Å². The number of hydrogen-bond donors (Lipinski definition) is 2. The Labute approximate surface area is 190 Å². The van der Waals surface area contributed by atoms with E-state index < -0.39 is 18.6 Å². The predicted octanol–water partition coefficient (Wildman–Crippen LogP) is 4.24. The standard InChI is InChI=1S/C25H33ClN2O3/c1-6-18(8-7-17(2)3)23(30)27-22(15-29)24(31)28-14-13-21(25(4,5)16-28)19-9-11-20(26)12-10-19/h6-12,21-22,29H,1,13-16H2,2-5H3,(H,27,30)/b18-8+/t21?,22-/m1/s1. The topological polar surface area (TPSA) is 69.6 Å². The SMILES string of the molecule is C=C/C(=C\C=C(C)C)C(=O)N[C@H](CO)C(=O)N1CCC(c2ccc(Cl)cc2)C(C)(C)C1. The molecule has 1 aliphatic heterocycles. The van der Waals surface area contributed by atoms with Crippen LogP contribution in [0, 0.1) is 5.41 Å². The molecule has 0 aliphatic carbocycles. The van der Waals surface area contributed by atoms with E-state index in [0.717, 1.165) is 12.0 Å². The fraction of sp³-hybridized carbons (Fsp3) is 0.440. The van der Waals surface area contributed by atoms with Crippen LogP contribution >= 0.6 is 11.6 Å². The smallest absolute Gasteiger partial charge is 0.251 e. The maximum absolute atomic E-state index is 13.1. The fourth-order valence-electron chi connectivity index (χ4n) is 4.00. The van der Waals surface area contributed by atoms with Crippen LogP contribution in [0.4, 0.5) is 0 Å². The molecule has 2 N–H and O–H groups in total. The van der Waals surface area contributed by atoms with Gasteiger partial charge in [-0.1, -0.05) is 61.9 Å². The predicted molar refractivity (Wildman–Crippen MR) is 126 cm³/mol. The largest absolute Gasteiger partial charge is 0.394 e. The minimum absolute atomic E-state index is 0.165. The van der Waals surface area contributed by atoms with Gasteiger partial charge in [-0.25, -0.2) is 0 Å². The number of carbonyl (C=O) groups excluding carboxylic acids is 2. The molecular weight excluding hydrogens is 412 g/mol. The first-order chi connectivity index (χ1) is 14.6. The number of rotatable bonds is 7. The fourth-order valence-corrected chi connectivity index (χ4v) is 4.12. The Morgan fingerprint density at radius 2 is 1.94 bits per heavy atom. The van der Waals surface area contributed by atoms with Gasteiger partial charge < -0.3 is 15.3 Å². The maximum atomic E-state index is 13.1. The normalized spacial score (nSPS) is 19.4. The highest BCUT2D eigenvalue weighted by atomic mass is 35.5. The molecule has 0 saturated carbocycles.